The molecule has 1 saturated heterocycles. The lowest BCUT2D eigenvalue weighted by Gasteiger charge is -2.30. The molecule has 1 aliphatic heterocycles. The highest BCUT2D eigenvalue weighted by atomic mass is 16.5. The molecule has 0 radical (unpaired) electrons. The first-order valence-corrected chi connectivity index (χ1v) is 10.5. The quantitative estimate of drug-likeness (QED) is 0.564. The molecular formula is C24H27N3O3. The Bertz CT molecular complexity index is 919. The number of nitrogens with zero attached hydrogens (tertiary/aromatic N) is 3. The van der Waals surface area contributed by atoms with E-state index in [-0.39, 0.29) is 11.8 Å². The summed E-state index contributed by atoms with van der Waals surface area (Å²) in [6.45, 7) is 2.31. The zero-order valence-electron chi connectivity index (χ0n) is 17.1. The van der Waals surface area contributed by atoms with Crippen LogP contribution in [0, 0.1) is 0 Å². The fourth-order valence-corrected chi connectivity index (χ4v) is 3.76. The van der Waals surface area contributed by atoms with E-state index in [2.05, 4.69) is 22.3 Å². The Morgan fingerprint density at radius 1 is 0.967 bits per heavy atom. The molecule has 0 N–H and O–H groups in total. The number of carbonyl (C=O) groups excluding carboxylic acids is 1. The van der Waals surface area contributed by atoms with Crippen molar-refractivity contribution in [2.24, 2.45) is 0 Å². The van der Waals surface area contributed by atoms with E-state index in [1.165, 1.54) is 5.56 Å². The molecule has 1 aliphatic rings. The monoisotopic (exact) mass is 405 g/mol. The summed E-state index contributed by atoms with van der Waals surface area (Å²) in [7, 11) is 0. The molecule has 3 aromatic rings. The highest BCUT2D eigenvalue weighted by Crippen LogP contribution is 2.26. The molecule has 156 valence electrons. The number of piperidine rings is 1. The van der Waals surface area contributed by atoms with Crippen molar-refractivity contribution in [3.63, 3.8) is 0 Å². The van der Waals surface area contributed by atoms with Crippen molar-refractivity contribution in [1.29, 1.82) is 0 Å². The normalized spacial score (nSPS) is 14.7. The number of hydrogen-bond acceptors (Lipinski definition) is 5. The van der Waals surface area contributed by atoms with Gasteiger partial charge in [-0.2, -0.15) is 4.98 Å². The van der Waals surface area contributed by atoms with Gasteiger partial charge in [0.2, 0.25) is 5.91 Å². The first-order valence-electron chi connectivity index (χ1n) is 10.5. The topological polar surface area (TPSA) is 68.5 Å². The van der Waals surface area contributed by atoms with E-state index in [4.69, 9.17) is 9.26 Å². The van der Waals surface area contributed by atoms with E-state index in [1.54, 1.807) is 0 Å². The fraction of sp³-hybridized carbons (Fsp3) is 0.375. The van der Waals surface area contributed by atoms with Crippen molar-refractivity contribution in [3.8, 4) is 0 Å². The summed E-state index contributed by atoms with van der Waals surface area (Å²) in [5.74, 6) is 1.68. The SMILES string of the molecule is O=C(CCc1ccccc1)N1CCC(c2noc(COCc3ccccc3)n2)CC1. The lowest BCUT2D eigenvalue weighted by atomic mass is 9.95. The predicted octanol–water partition coefficient (Wildman–Crippen LogP) is 4.13. The van der Waals surface area contributed by atoms with Gasteiger partial charge in [0.25, 0.3) is 5.89 Å². The number of rotatable bonds is 8. The highest BCUT2D eigenvalue weighted by molar-refractivity contribution is 5.76. The molecule has 0 atom stereocenters. The minimum absolute atomic E-state index is 0.223. The Hall–Kier alpha value is -2.99. The smallest absolute Gasteiger partial charge is 0.252 e. The van der Waals surface area contributed by atoms with E-state index in [0.717, 1.165) is 43.7 Å². The maximum absolute atomic E-state index is 12.5. The lowest BCUT2D eigenvalue weighted by molar-refractivity contribution is -0.132. The van der Waals surface area contributed by atoms with Crippen LogP contribution >= 0.6 is 0 Å². The van der Waals surface area contributed by atoms with Crippen molar-refractivity contribution >= 4 is 5.91 Å². The van der Waals surface area contributed by atoms with Crippen molar-refractivity contribution in [1.82, 2.24) is 15.0 Å². The van der Waals surface area contributed by atoms with Crippen LogP contribution in [-0.2, 0) is 29.2 Å². The van der Waals surface area contributed by atoms with Crippen molar-refractivity contribution < 1.29 is 14.1 Å². The molecule has 6 nitrogen and oxygen atoms in total. The summed E-state index contributed by atoms with van der Waals surface area (Å²) < 4.78 is 11.0. The molecule has 1 fully saturated rings. The molecule has 2 aromatic carbocycles. The van der Waals surface area contributed by atoms with Crippen molar-refractivity contribution in [3.05, 3.63) is 83.5 Å². The van der Waals surface area contributed by atoms with Gasteiger partial charge in [0.1, 0.15) is 6.61 Å². The number of amides is 1. The maximum atomic E-state index is 12.5. The molecule has 6 heteroatoms. The minimum Gasteiger partial charge on any atom is -0.367 e. The molecule has 0 bridgehead atoms. The highest BCUT2D eigenvalue weighted by Gasteiger charge is 2.26. The van der Waals surface area contributed by atoms with Gasteiger partial charge in [0.15, 0.2) is 5.82 Å². The number of hydrogen-bond donors (Lipinski definition) is 0. The Morgan fingerprint density at radius 3 is 2.33 bits per heavy atom. The predicted molar refractivity (Wildman–Crippen MR) is 113 cm³/mol. The van der Waals surface area contributed by atoms with Crippen molar-refractivity contribution in [2.45, 2.75) is 44.8 Å². The van der Waals surface area contributed by atoms with Crippen LogP contribution in [0.15, 0.2) is 65.2 Å². The number of carbonyl (C=O) groups is 1. The van der Waals surface area contributed by atoms with E-state index >= 15 is 0 Å². The number of aryl methyl sites for hydroxylation is 1. The Labute approximate surface area is 176 Å². The second-order valence-electron chi connectivity index (χ2n) is 7.67. The summed E-state index contributed by atoms with van der Waals surface area (Å²) in [5.41, 5.74) is 2.32. The fourth-order valence-electron chi connectivity index (χ4n) is 3.76. The number of ether oxygens (including phenoxy) is 1. The van der Waals surface area contributed by atoms with Crippen LogP contribution in [0.3, 0.4) is 0 Å². The van der Waals surface area contributed by atoms with Crippen LogP contribution in [0.4, 0.5) is 0 Å². The van der Waals surface area contributed by atoms with Gasteiger partial charge in [-0.1, -0.05) is 65.8 Å². The summed E-state index contributed by atoms with van der Waals surface area (Å²) >= 11 is 0. The lowest BCUT2D eigenvalue weighted by Crippen LogP contribution is -2.38. The molecular weight excluding hydrogens is 378 g/mol. The maximum Gasteiger partial charge on any atom is 0.252 e. The minimum atomic E-state index is 0.223. The molecule has 0 spiro atoms. The second-order valence-corrected chi connectivity index (χ2v) is 7.67. The number of likely N-dealkylation sites (tertiary alicyclic amines) is 1. The van der Waals surface area contributed by atoms with Gasteiger partial charge >= 0.3 is 0 Å². The summed E-state index contributed by atoms with van der Waals surface area (Å²) in [6, 6.07) is 20.2. The van der Waals surface area contributed by atoms with Crippen LogP contribution in [0.1, 0.15) is 48.0 Å². The van der Waals surface area contributed by atoms with E-state index in [0.29, 0.717) is 25.5 Å². The summed E-state index contributed by atoms with van der Waals surface area (Å²) in [4.78, 5) is 19.0. The molecule has 1 amide bonds. The number of aromatic nitrogens is 2. The van der Waals surface area contributed by atoms with Gasteiger partial charge in [-0.05, 0) is 30.4 Å². The molecule has 4 rings (SSSR count). The second kappa shape index (κ2) is 10.2. The van der Waals surface area contributed by atoms with E-state index in [9.17, 15) is 4.79 Å². The molecule has 2 heterocycles. The van der Waals surface area contributed by atoms with Gasteiger partial charge < -0.3 is 14.2 Å². The van der Waals surface area contributed by atoms with Crippen LogP contribution < -0.4 is 0 Å². The molecule has 30 heavy (non-hydrogen) atoms. The van der Waals surface area contributed by atoms with Gasteiger partial charge in [0.05, 0.1) is 6.61 Å². The number of benzene rings is 2. The van der Waals surface area contributed by atoms with Gasteiger partial charge in [-0.15, -0.1) is 0 Å². The largest absolute Gasteiger partial charge is 0.367 e. The zero-order valence-corrected chi connectivity index (χ0v) is 17.1. The third-order valence-corrected chi connectivity index (χ3v) is 5.50. The third-order valence-electron chi connectivity index (χ3n) is 5.50. The third kappa shape index (κ3) is 5.54. The molecule has 0 unspecified atom stereocenters. The standard InChI is InChI=1S/C24H27N3O3/c28-23(12-11-19-7-3-1-4-8-19)27-15-13-21(14-16-27)24-25-22(30-26-24)18-29-17-20-9-5-2-6-10-20/h1-10,21H,11-18H2. The summed E-state index contributed by atoms with van der Waals surface area (Å²) in [6.07, 6.45) is 3.07. The van der Waals surface area contributed by atoms with Crippen LogP contribution in [0.5, 0.6) is 0 Å². The van der Waals surface area contributed by atoms with Gasteiger partial charge in [0, 0.05) is 25.4 Å². The van der Waals surface area contributed by atoms with Crippen LogP contribution in [0.2, 0.25) is 0 Å². The Kier molecular flexibility index (Phi) is 6.87. The van der Waals surface area contributed by atoms with Crippen molar-refractivity contribution in [2.75, 3.05) is 13.1 Å². The zero-order chi connectivity index (χ0) is 20.6. The summed E-state index contributed by atoms with van der Waals surface area (Å²) in [5, 5.41) is 4.14. The first kappa shape index (κ1) is 20.3. The van der Waals surface area contributed by atoms with Crippen LogP contribution in [0.25, 0.3) is 0 Å². The Morgan fingerprint density at radius 2 is 1.63 bits per heavy atom. The first-order chi connectivity index (χ1) is 14.8. The van der Waals surface area contributed by atoms with Gasteiger partial charge in [-0.3, -0.25) is 4.79 Å². The van der Waals surface area contributed by atoms with Crippen LogP contribution in [-0.4, -0.2) is 34.0 Å². The van der Waals surface area contributed by atoms with Gasteiger partial charge in [-0.25, -0.2) is 0 Å². The molecule has 0 aliphatic carbocycles. The average Bonchev–Trinajstić information content (AvgIpc) is 3.28. The average molecular weight is 405 g/mol. The van der Waals surface area contributed by atoms with E-state index < -0.39 is 0 Å². The molecule has 1 aromatic heterocycles. The Balaban J connectivity index is 1.20. The molecule has 0 saturated carbocycles. The van der Waals surface area contributed by atoms with E-state index in [1.807, 2.05) is 53.4 Å².